The van der Waals surface area contributed by atoms with Crippen molar-refractivity contribution in [2.75, 3.05) is 19.8 Å². The molecule has 0 saturated carbocycles. The number of rotatable bonds is 35. The van der Waals surface area contributed by atoms with E-state index >= 15 is 0 Å². The maximum absolute atomic E-state index is 12.7. The summed E-state index contributed by atoms with van der Waals surface area (Å²) in [5, 5.41) is 40.0. The standard InChI is InChI=1S/C41H78O10/c1-3-5-7-9-11-13-15-17-19-21-23-25-27-29-36(43)48-32-34(33-49-41-40(47)39(46)38(45)35(31-42)51-41)50-37(44)30-28-26-24-22-20-18-16-14-12-10-8-6-4-2/h34-35,38-42,45-47H,3-33H2,1-2H3/t34-,35-,38-,39+,40-,41+/m1/s1. The van der Waals surface area contributed by atoms with Gasteiger partial charge in [-0.05, 0) is 12.8 Å². The van der Waals surface area contributed by atoms with Crippen LogP contribution in [0.5, 0.6) is 0 Å². The van der Waals surface area contributed by atoms with Gasteiger partial charge >= 0.3 is 11.9 Å². The number of esters is 2. The summed E-state index contributed by atoms with van der Waals surface area (Å²) >= 11 is 0. The van der Waals surface area contributed by atoms with Gasteiger partial charge in [0.05, 0.1) is 13.2 Å². The monoisotopic (exact) mass is 731 g/mol. The molecule has 0 amide bonds. The largest absolute Gasteiger partial charge is 0.462 e. The molecule has 51 heavy (non-hydrogen) atoms. The third-order valence-electron chi connectivity index (χ3n) is 9.99. The zero-order valence-corrected chi connectivity index (χ0v) is 32.6. The van der Waals surface area contributed by atoms with Crippen molar-refractivity contribution in [2.24, 2.45) is 0 Å². The van der Waals surface area contributed by atoms with Gasteiger partial charge < -0.3 is 39.4 Å². The van der Waals surface area contributed by atoms with E-state index in [0.29, 0.717) is 6.42 Å². The molecule has 6 atom stereocenters. The van der Waals surface area contributed by atoms with E-state index in [-0.39, 0.29) is 32.0 Å². The van der Waals surface area contributed by atoms with Crippen LogP contribution in [0.25, 0.3) is 0 Å². The molecule has 0 aliphatic carbocycles. The Balaban J connectivity index is 2.35. The summed E-state index contributed by atoms with van der Waals surface area (Å²) in [5.41, 5.74) is 0. The van der Waals surface area contributed by atoms with Gasteiger partial charge in [-0.2, -0.15) is 0 Å². The molecule has 0 aromatic rings. The van der Waals surface area contributed by atoms with Crippen LogP contribution < -0.4 is 0 Å². The minimum atomic E-state index is -1.59. The van der Waals surface area contributed by atoms with Gasteiger partial charge in [-0.1, -0.05) is 168 Å². The highest BCUT2D eigenvalue weighted by Crippen LogP contribution is 2.23. The van der Waals surface area contributed by atoms with Crippen molar-refractivity contribution in [2.45, 2.75) is 230 Å². The predicted octanol–water partition coefficient (Wildman–Crippen LogP) is 8.22. The Morgan fingerprint density at radius 1 is 0.529 bits per heavy atom. The number of carbonyl (C=O) groups is 2. The molecule has 1 aliphatic heterocycles. The molecule has 302 valence electrons. The third kappa shape index (κ3) is 25.4. The first-order chi connectivity index (χ1) is 24.8. The Labute approximate surface area is 310 Å². The maximum atomic E-state index is 12.7. The second-order valence-electron chi connectivity index (χ2n) is 14.8. The first-order valence-corrected chi connectivity index (χ1v) is 21.1. The molecule has 1 rings (SSSR count). The summed E-state index contributed by atoms with van der Waals surface area (Å²) in [6.45, 7) is 3.43. The molecule has 1 saturated heterocycles. The van der Waals surface area contributed by atoms with Crippen LogP contribution in [0.3, 0.4) is 0 Å². The fraction of sp³-hybridized carbons (Fsp3) is 0.951. The number of carbonyl (C=O) groups excluding carboxylic acids is 2. The number of aliphatic hydroxyl groups is 4. The lowest BCUT2D eigenvalue weighted by Crippen LogP contribution is -2.59. The van der Waals surface area contributed by atoms with Gasteiger partial charge in [0.15, 0.2) is 12.4 Å². The molecule has 0 unspecified atom stereocenters. The fourth-order valence-corrected chi connectivity index (χ4v) is 6.60. The SMILES string of the molecule is CCCCCCCCCCCCCCCC(=O)OC[C@H](CO[C@H]1O[C@H](CO)[C@@H](O)[C@H](O)[C@H]1O)OC(=O)CCCCCCCCCCCCCCC. The van der Waals surface area contributed by atoms with Gasteiger partial charge in [-0.25, -0.2) is 0 Å². The van der Waals surface area contributed by atoms with E-state index in [2.05, 4.69) is 13.8 Å². The van der Waals surface area contributed by atoms with Gasteiger partial charge in [0.25, 0.3) is 0 Å². The number of aliphatic hydroxyl groups excluding tert-OH is 4. The van der Waals surface area contributed by atoms with Gasteiger partial charge in [0.2, 0.25) is 0 Å². The summed E-state index contributed by atoms with van der Waals surface area (Å²) in [6, 6.07) is 0. The first-order valence-electron chi connectivity index (χ1n) is 21.1. The fourth-order valence-electron chi connectivity index (χ4n) is 6.60. The van der Waals surface area contributed by atoms with E-state index in [9.17, 15) is 30.0 Å². The molecule has 10 heteroatoms. The van der Waals surface area contributed by atoms with E-state index < -0.39 is 49.4 Å². The average Bonchev–Trinajstić information content (AvgIpc) is 3.13. The van der Waals surface area contributed by atoms with Gasteiger partial charge in [-0.3, -0.25) is 9.59 Å². The van der Waals surface area contributed by atoms with Crippen LogP contribution in [-0.2, 0) is 28.5 Å². The van der Waals surface area contributed by atoms with Gasteiger partial charge in [-0.15, -0.1) is 0 Å². The molecular formula is C41H78O10. The summed E-state index contributed by atoms with van der Waals surface area (Å²) in [5.74, 6) is -0.795. The molecule has 0 spiro atoms. The average molecular weight is 731 g/mol. The van der Waals surface area contributed by atoms with Crippen molar-refractivity contribution >= 4 is 11.9 Å². The zero-order chi connectivity index (χ0) is 37.4. The summed E-state index contributed by atoms with van der Waals surface area (Å²) in [6.07, 6.45) is 23.9. The van der Waals surface area contributed by atoms with E-state index in [1.807, 2.05) is 0 Å². The van der Waals surface area contributed by atoms with Crippen LogP contribution in [0.15, 0.2) is 0 Å². The number of ether oxygens (including phenoxy) is 4. The van der Waals surface area contributed by atoms with Crippen LogP contribution in [0.4, 0.5) is 0 Å². The van der Waals surface area contributed by atoms with Crippen LogP contribution in [0.2, 0.25) is 0 Å². The van der Waals surface area contributed by atoms with Crippen molar-refractivity contribution < 1.29 is 49.0 Å². The normalized spacial score (nSPS) is 21.1. The number of unbranched alkanes of at least 4 members (excludes halogenated alkanes) is 24. The molecule has 10 nitrogen and oxygen atoms in total. The van der Waals surface area contributed by atoms with Crippen LogP contribution in [-0.4, -0.2) is 89.0 Å². The van der Waals surface area contributed by atoms with E-state index in [4.69, 9.17) is 18.9 Å². The third-order valence-corrected chi connectivity index (χ3v) is 9.99. The molecule has 0 bridgehead atoms. The second kappa shape index (κ2) is 33.3. The summed E-state index contributed by atoms with van der Waals surface area (Å²) in [4.78, 5) is 25.2. The lowest BCUT2D eigenvalue weighted by atomic mass is 9.99. The Bertz CT molecular complexity index is 809. The molecule has 4 N–H and O–H groups in total. The van der Waals surface area contributed by atoms with Crippen LogP contribution in [0.1, 0.15) is 194 Å². The Hall–Kier alpha value is -1.30. The number of hydrogen-bond donors (Lipinski definition) is 4. The highest BCUT2D eigenvalue weighted by atomic mass is 16.7. The Morgan fingerprint density at radius 3 is 1.33 bits per heavy atom. The molecule has 0 radical (unpaired) electrons. The van der Waals surface area contributed by atoms with Crippen LogP contribution >= 0.6 is 0 Å². The van der Waals surface area contributed by atoms with E-state index in [1.54, 1.807) is 0 Å². The smallest absolute Gasteiger partial charge is 0.306 e. The molecular weight excluding hydrogens is 652 g/mol. The lowest BCUT2D eigenvalue weighted by molar-refractivity contribution is -0.305. The first kappa shape index (κ1) is 47.7. The van der Waals surface area contributed by atoms with Crippen molar-refractivity contribution in [1.82, 2.24) is 0 Å². The lowest BCUT2D eigenvalue weighted by Gasteiger charge is -2.39. The van der Waals surface area contributed by atoms with Gasteiger partial charge in [0, 0.05) is 12.8 Å². The Kier molecular flexibility index (Phi) is 31.1. The van der Waals surface area contributed by atoms with E-state index in [1.165, 1.54) is 122 Å². The molecule has 0 aromatic heterocycles. The van der Waals surface area contributed by atoms with E-state index in [0.717, 1.165) is 38.5 Å². The topological polar surface area (TPSA) is 152 Å². The molecule has 1 aliphatic rings. The van der Waals surface area contributed by atoms with Crippen molar-refractivity contribution in [3.05, 3.63) is 0 Å². The van der Waals surface area contributed by atoms with Gasteiger partial charge in [0.1, 0.15) is 31.0 Å². The minimum absolute atomic E-state index is 0.209. The zero-order valence-electron chi connectivity index (χ0n) is 32.6. The van der Waals surface area contributed by atoms with Crippen LogP contribution in [0, 0.1) is 0 Å². The van der Waals surface area contributed by atoms with Crippen molar-refractivity contribution in [1.29, 1.82) is 0 Å². The molecule has 0 aromatic carbocycles. The second-order valence-corrected chi connectivity index (χ2v) is 14.8. The van der Waals surface area contributed by atoms with Crippen molar-refractivity contribution in [3.63, 3.8) is 0 Å². The maximum Gasteiger partial charge on any atom is 0.306 e. The molecule has 1 fully saturated rings. The Morgan fingerprint density at radius 2 is 0.922 bits per heavy atom. The predicted molar refractivity (Wildman–Crippen MR) is 201 cm³/mol. The summed E-state index contributed by atoms with van der Waals surface area (Å²) < 4.78 is 22.1. The van der Waals surface area contributed by atoms with Crippen molar-refractivity contribution in [3.8, 4) is 0 Å². The quantitative estimate of drug-likeness (QED) is 0.0371. The highest BCUT2D eigenvalue weighted by Gasteiger charge is 2.44. The number of hydrogen-bond acceptors (Lipinski definition) is 10. The summed E-state index contributed by atoms with van der Waals surface area (Å²) in [7, 11) is 0. The molecule has 1 heterocycles. The highest BCUT2D eigenvalue weighted by molar-refractivity contribution is 5.70. The minimum Gasteiger partial charge on any atom is -0.462 e.